The van der Waals surface area contributed by atoms with Crippen molar-refractivity contribution in [3.63, 3.8) is 0 Å². The molecule has 0 bridgehead atoms. The summed E-state index contributed by atoms with van der Waals surface area (Å²) in [7, 11) is 0. The molecule has 2 heterocycles. The molecule has 0 N–H and O–H groups in total. The van der Waals surface area contributed by atoms with Crippen molar-refractivity contribution in [2.24, 2.45) is 0 Å². The fourth-order valence-corrected chi connectivity index (χ4v) is 3.44. The van der Waals surface area contributed by atoms with Crippen LogP contribution in [0.1, 0.15) is 46.0 Å². The zero-order chi connectivity index (χ0) is 13.7. The van der Waals surface area contributed by atoms with Gasteiger partial charge in [-0.15, -0.1) is 0 Å². The van der Waals surface area contributed by atoms with Gasteiger partial charge in [-0.1, -0.05) is 35.4 Å². The normalized spacial score (nSPS) is 31.1. The van der Waals surface area contributed by atoms with Crippen LogP contribution in [0.2, 0.25) is 0 Å². The first-order valence-electron chi connectivity index (χ1n) is 7.25. The molecule has 2 atom stereocenters. The molecule has 4 nitrogen and oxygen atoms in total. The first-order chi connectivity index (χ1) is 9.11. The number of ether oxygens (including phenoxy) is 4. The lowest BCUT2D eigenvalue weighted by Crippen LogP contribution is -2.23. The largest absolute Gasteiger partial charge is 0.350 e. The molecule has 112 valence electrons. The number of unbranched alkanes of at least 4 members (excludes halogenated alkanes) is 2. The summed E-state index contributed by atoms with van der Waals surface area (Å²) in [6.07, 6.45) is 6.21. The fourth-order valence-electron chi connectivity index (χ4n) is 2.69. The Morgan fingerprint density at radius 2 is 1.58 bits per heavy atom. The van der Waals surface area contributed by atoms with Crippen molar-refractivity contribution in [3.8, 4) is 0 Å². The maximum absolute atomic E-state index is 5.96. The summed E-state index contributed by atoms with van der Waals surface area (Å²) in [5, 5.41) is 0. The molecule has 0 aliphatic carbocycles. The molecule has 0 saturated carbocycles. The van der Waals surface area contributed by atoms with E-state index in [9.17, 15) is 0 Å². The average molecular weight is 384 g/mol. The van der Waals surface area contributed by atoms with E-state index in [1.54, 1.807) is 0 Å². The molecule has 0 spiro atoms. The third-order valence-electron chi connectivity index (χ3n) is 3.56. The van der Waals surface area contributed by atoms with Crippen LogP contribution in [0.3, 0.4) is 0 Å². The Labute approximate surface area is 129 Å². The first kappa shape index (κ1) is 15.9. The number of rotatable bonds is 7. The third-order valence-corrected chi connectivity index (χ3v) is 4.42. The van der Waals surface area contributed by atoms with Crippen LogP contribution < -0.4 is 0 Å². The van der Waals surface area contributed by atoms with Gasteiger partial charge in [-0.2, -0.15) is 0 Å². The van der Waals surface area contributed by atoms with E-state index in [1.807, 2.05) is 13.8 Å². The maximum Gasteiger partial charge on any atom is 0.163 e. The van der Waals surface area contributed by atoms with Crippen molar-refractivity contribution in [1.29, 1.82) is 0 Å². The van der Waals surface area contributed by atoms with Crippen molar-refractivity contribution in [3.05, 3.63) is 0 Å². The van der Waals surface area contributed by atoms with Crippen LogP contribution in [-0.2, 0) is 18.9 Å². The molecule has 0 amide bonds. The minimum Gasteiger partial charge on any atom is -0.350 e. The average Bonchev–Trinajstić information content (AvgIpc) is 2.96. The molecular formula is C14H25IO4. The molecule has 2 aliphatic heterocycles. The highest BCUT2D eigenvalue weighted by atomic mass is 127. The third kappa shape index (κ3) is 5.12. The molecule has 5 heteroatoms. The molecule has 2 aliphatic rings. The number of halogens is 1. The van der Waals surface area contributed by atoms with Gasteiger partial charge in [-0.05, 0) is 33.1 Å². The summed E-state index contributed by atoms with van der Waals surface area (Å²) >= 11 is 2.38. The monoisotopic (exact) mass is 384 g/mol. The Bertz CT molecular complexity index is 266. The van der Waals surface area contributed by atoms with E-state index in [-0.39, 0.29) is 18.5 Å². The minimum absolute atomic E-state index is 0.0482. The van der Waals surface area contributed by atoms with Gasteiger partial charge in [-0.3, -0.25) is 0 Å². The van der Waals surface area contributed by atoms with Crippen molar-refractivity contribution in [2.75, 3.05) is 17.6 Å². The molecule has 0 aromatic carbocycles. The van der Waals surface area contributed by atoms with Crippen molar-refractivity contribution in [1.82, 2.24) is 0 Å². The minimum atomic E-state index is -0.411. The highest BCUT2D eigenvalue weighted by Gasteiger charge is 2.39. The number of hydrogen-bond donors (Lipinski definition) is 0. The van der Waals surface area contributed by atoms with Crippen LogP contribution in [0.4, 0.5) is 0 Å². The van der Waals surface area contributed by atoms with Crippen molar-refractivity contribution < 1.29 is 18.9 Å². The Kier molecular flexibility index (Phi) is 6.33. The van der Waals surface area contributed by atoms with Crippen LogP contribution >= 0.6 is 22.6 Å². The summed E-state index contributed by atoms with van der Waals surface area (Å²) < 4.78 is 23.7. The van der Waals surface area contributed by atoms with Gasteiger partial charge in [0.25, 0.3) is 0 Å². The van der Waals surface area contributed by atoms with Crippen LogP contribution in [-0.4, -0.2) is 41.9 Å². The SMILES string of the molecule is CC1(C)O[C@H](CI)[C@@H](CCCCCC2OCCO2)O1. The lowest BCUT2D eigenvalue weighted by molar-refractivity contribution is -0.144. The summed E-state index contributed by atoms with van der Waals surface area (Å²) in [5.41, 5.74) is 0. The van der Waals surface area contributed by atoms with Gasteiger partial charge in [-0.25, -0.2) is 0 Å². The number of alkyl halides is 1. The molecule has 0 aromatic heterocycles. The maximum atomic E-state index is 5.96. The Balaban J connectivity index is 1.57. The predicted octanol–water partition coefficient (Wildman–Crippen LogP) is 3.26. The second-order valence-corrected chi connectivity index (χ2v) is 6.56. The summed E-state index contributed by atoms with van der Waals surface area (Å²) in [6.45, 7) is 5.51. The Morgan fingerprint density at radius 3 is 2.26 bits per heavy atom. The molecule has 0 radical (unpaired) electrons. The summed E-state index contributed by atoms with van der Waals surface area (Å²) in [4.78, 5) is 0. The van der Waals surface area contributed by atoms with Gasteiger partial charge in [0.15, 0.2) is 12.1 Å². The second-order valence-electron chi connectivity index (χ2n) is 5.68. The van der Waals surface area contributed by atoms with E-state index in [0.717, 1.165) is 36.9 Å². The van der Waals surface area contributed by atoms with E-state index in [0.29, 0.717) is 0 Å². The molecule has 2 fully saturated rings. The van der Waals surface area contributed by atoms with Gasteiger partial charge in [0.2, 0.25) is 0 Å². The van der Waals surface area contributed by atoms with Crippen LogP contribution in [0.15, 0.2) is 0 Å². The quantitative estimate of drug-likeness (QED) is 0.384. The number of hydrogen-bond acceptors (Lipinski definition) is 4. The topological polar surface area (TPSA) is 36.9 Å². The fraction of sp³-hybridized carbons (Fsp3) is 1.00. The molecule has 2 rings (SSSR count). The van der Waals surface area contributed by atoms with E-state index in [4.69, 9.17) is 18.9 Å². The molecular weight excluding hydrogens is 359 g/mol. The van der Waals surface area contributed by atoms with Gasteiger partial charge in [0.1, 0.15) is 0 Å². The van der Waals surface area contributed by atoms with E-state index >= 15 is 0 Å². The summed E-state index contributed by atoms with van der Waals surface area (Å²) in [6, 6.07) is 0. The van der Waals surface area contributed by atoms with Crippen LogP contribution in [0.5, 0.6) is 0 Å². The Morgan fingerprint density at radius 1 is 0.947 bits per heavy atom. The van der Waals surface area contributed by atoms with Crippen LogP contribution in [0.25, 0.3) is 0 Å². The van der Waals surface area contributed by atoms with Gasteiger partial charge in [0.05, 0.1) is 25.4 Å². The second kappa shape index (κ2) is 7.54. The highest BCUT2D eigenvalue weighted by molar-refractivity contribution is 14.1. The molecule has 19 heavy (non-hydrogen) atoms. The van der Waals surface area contributed by atoms with Gasteiger partial charge >= 0.3 is 0 Å². The molecule has 0 unspecified atom stereocenters. The van der Waals surface area contributed by atoms with E-state index in [1.165, 1.54) is 12.8 Å². The smallest absolute Gasteiger partial charge is 0.163 e. The van der Waals surface area contributed by atoms with Crippen molar-refractivity contribution in [2.45, 2.75) is 70.2 Å². The lowest BCUT2D eigenvalue weighted by atomic mass is 10.1. The first-order valence-corrected chi connectivity index (χ1v) is 8.78. The highest BCUT2D eigenvalue weighted by Crippen LogP contribution is 2.32. The van der Waals surface area contributed by atoms with Crippen molar-refractivity contribution >= 4 is 22.6 Å². The lowest BCUT2D eigenvalue weighted by Gasteiger charge is -2.16. The molecule has 2 saturated heterocycles. The Hall–Kier alpha value is 0.570. The van der Waals surface area contributed by atoms with E-state index in [2.05, 4.69) is 22.6 Å². The summed E-state index contributed by atoms with van der Waals surface area (Å²) in [5.74, 6) is -0.411. The zero-order valence-electron chi connectivity index (χ0n) is 11.9. The standard InChI is InChI=1S/C14H25IO4/c1-14(2)18-11(12(10-15)19-14)6-4-3-5-7-13-16-8-9-17-13/h11-13H,3-10H2,1-2H3/t11-,12-/m1/s1. The van der Waals surface area contributed by atoms with Crippen LogP contribution in [0, 0.1) is 0 Å². The van der Waals surface area contributed by atoms with E-state index < -0.39 is 5.79 Å². The predicted molar refractivity (Wildman–Crippen MR) is 81.5 cm³/mol. The van der Waals surface area contributed by atoms with Gasteiger partial charge < -0.3 is 18.9 Å². The molecule has 0 aromatic rings. The zero-order valence-corrected chi connectivity index (χ0v) is 14.1. The van der Waals surface area contributed by atoms with Gasteiger partial charge in [0, 0.05) is 4.43 Å².